The maximum Gasteiger partial charge on any atom is 0.494 e. The highest BCUT2D eigenvalue weighted by molar-refractivity contribution is 6.62. The Morgan fingerprint density at radius 3 is 2.65 bits per heavy atom. The maximum atomic E-state index is 6.06. The largest absolute Gasteiger partial charge is 0.500 e. The quantitative estimate of drug-likeness (QED) is 0.445. The van der Waals surface area contributed by atoms with E-state index >= 15 is 0 Å². The lowest BCUT2D eigenvalue weighted by Gasteiger charge is -2.37. The molecule has 2 aliphatic rings. The third-order valence-corrected chi connectivity index (χ3v) is 4.99. The zero-order chi connectivity index (χ0) is 18.8. The molecule has 0 bridgehead atoms. The SMILES string of the molecule is CC=Nc1ccc(B2OC(C)C(C)(C)O2)cc1/C=C/OCC1(C)COC1. The molecule has 1 aromatic carbocycles. The average molecular weight is 357 g/mol. The molecule has 2 heterocycles. The van der Waals surface area contributed by atoms with Gasteiger partial charge in [-0.15, -0.1) is 0 Å². The van der Waals surface area contributed by atoms with Crippen LogP contribution in [-0.4, -0.2) is 44.9 Å². The number of rotatable bonds is 6. The predicted octanol–water partition coefficient (Wildman–Crippen LogP) is 3.34. The topological polar surface area (TPSA) is 49.3 Å². The first kappa shape index (κ1) is 19.1. The van der Waals surface area contributed by atoms with Crippen LogP contribution in [0.5, 0.6) is 0 Å². The first-order valence-corrected chi connectivity index (χ1v) is 9.15. The van der Waals surface area contributed by atoms with Crippen LogP contribution in [0.15, 0.2) is 29.5 Å². The van der Waals surface area contributed by atoms with Gasteiger partial charge < -0.3 is 18.8 Å². The first-order valence-electron chi connectivity index (χ1n) is 9.15. The lowest BCUT2D eigenvalue weighted by atomic mass is 9.78. The Morgan fingerprint density at radius 2 is 2.08 bits per heavy atom. The summed E-state index contributed by atoms with van der Waals surface area (Å²) in [6.07, 6.45) is 5.50. The zero-order valence-electron chi connectivity index (χ0n) is 16.3. The van der Waals surface area contributed by atoms with Crippen molar-refractivity contribution in [1.29, 1.82) is 0 Å². The molecule has 0 saturated carbocycles. The smallest absolute Gasteiger partial charge is 0.494 e. The molecule has 1 atom stereocenters. The van der Waals surface area contributed by atoms with Crippen molar-refractivity contribution in [2.45, 2.75) is 46.3 Å². The van der Waals surface area contributed by atoms with Gasteiger partial charge in [-0.2, -0.15) is 0 Å². The van der Waals surface area contributed by atoms with Crippen LogP contribution in [-0.2, 0) is 18.8 Å². The maximum absolute atomic E-state index is 6.06. The molecular weight excluding hydrogens is 329 g/mol. The summed E-state index contributed by atoms with van der Waals surface area (Å²) in [6.45, 7) is 12.4. The highest BCUT2D eigenvalue weighted by atomic mass is 16.7. The lowest BCUT2D eigenvalue weighted by Crippen LogP contribution is -2.43. The molecule has 0 N–H and O–H groups in total. The highest BCUT2D eigenvalue weighted by Gasteiger charge is 2.43. The standard InChI is InChI=1S/C20H28BNO4/c1-6-22-18-8-7-17(21-25-15(2)19(3,4)26-21)11-16(18)9-10-23-12-20(5)13-24-14-20/h6-11,15H,12-14H2,1-5H3/b10-9+,22-6?. The molecule has 2 aliphatic heterocycles. The molecule has 6 heteroatoms. The third-order valence-electron chi connectivity index (χ3n) is 4.99. The van der Waals surface area contributed by atoms with Crippen molar-refractivity contribution in [2.75, 3.05) is 19.8 Å². The average Bonchev–Trinajstić information content (AvgIpc) is 2.84. The minimum atomic E-state index is -0.362. The molecular formula is C20H28BNO4. The minimum Gasteiger partial charge on any atom is -0.500 e. The van der Waals surface area contributed by atoms with Gasteiger partial charge in [0, 0.05) is 17.2 Å². The summed E-state index contributed by atoms with van der Waals surface area (Å²) in [4.78, 5) is 4.44. The molecule has 140 valence electrons. The van der Waals surface area contributed by atoms with Gasteiger partial charge >= 0.3 is 7.12 Å². The Balaban J connectivity index is 1.74. The van der Waals surface area contributed by atoms with Crippen molar-refractivity contribution in [3.8, 4) is 0 Å². The summed E-state index contributed by atoms with van der Waals surface area (Å²) in [5, 5.41) is 0. The minimum absolute atomic E-state index is 0.0357. The second-order valence-corrected chi connectivity index (χ2v) is 7.95. The van der Waals surface area contributed by atoms with Gasteiger partial charge in [-0.1, -0.05) is 19.1 Å². The second kappa shape index (κ2) is 7.55. The first-order chi connectivity index (χ1) is 12.3. The number of nitrogens with zero attached hydrogens (tertiary/aromatic N) is 1. The number of hydrogen-bond acceptors (Lipinski definition) is 5. The third kappa shape index (κ3) is 4.19. The number of aliphatic imine (C=N–C) groups is 1. The van der Waals surface area contributed by atoms with Crippen LogP contribution in [0.2, 0.25) is 0 Å². The molecule has 1 unspecified atom stereocenters. The fourth-order valence-electron chi connectivity index (χ4n) is 2.91. The zero-order valence-corrected chi connectivity index (χ0v) is 16.3. The normalized spacial score (nSPS) is 24.3. The van der Waals surface area contributed by atoms with Crippen LogP contribution in [0.4, 0.5) is 5.69 Å². The molecule has 0 aliphatic carbocycles. The van der Waals surface area contributed by atoms with Crippen LogP contribution >= 0.6 is 0 Å². The molecule has 5 nitrogen and oxygen atoms in total. The van der Waals surface area contributed by atoms with E-state index in [2.05, 4.69) is 18.0 Å². The van der Waals surface area contributed by atoms with Crippen molar-refractivity contribution < 1.29 is 18.8 Å². The van der Waals surface area contributed by atoms with Crippen molar-refractivity contribution in [2.24, 2.45) is 10.4 Å². The van der Waals surface area contributed by atoms with Crippen LogP contribution in [0, 0.1) is 5.41 Å². The van der Waals surface area contributed by atoms with Gasteiger partial charge in [0.25, 0.3) is 0 Å². The summed E-state index contributed by atoms with van der Waals surface area (Å²) in [5.74, 6) is 0. The van der Waals surface area contributed by atoms with Gasteiger partial charge in [-0.3, -0.25) is 4.99 Å². The van der Waals surface area contributed by atoms with E-state index in [0.717, 1.165) is 29.9 Å². The van der Waals surface area contributed by atoms with Crippen LogP contribution in [0.1, 0.15) is 40.2 Å². The van der Waals surface area contributed by atoms with E-state index in [-0.39, 0.29) is 24.2 Å². The Kier molecular flexibility index (Phi) is 5.56. The fraction of sp³-hybridized carbons (Fsp3) is 0.550. The van der Waals surface area contributed by atoms with E-state index < -0.39 is 0 Å². The molecule has 0 aromatic heterocycles. The molecule has 26 heavy (non-hydrogen) atoms. The highest BCUT2D eigenvalue weighted by Crippen LogP contribution is 2.29. The van der Waals surface area contributed by atoms with Gasteiger partial charge in [0.1, 0.15) is 0 Å². The number of ether oxygens (including phenoxy) is 2. The summed E-state index contributed by atoms with van der Waals surface area (Å²) in [5.41, 5.74) is 2.67. The van der Waals surface area contributed by atoms with E-state index in [1.165, 1.54) is 0 Å². The van der Waals surface area contributed by atoms with E-state index in [9.17, 15) is 0 Å². The van der Waals surface area contributed by atoms with Gasteiger partial charge in [0.05, 0.1) is 43.5 Å². The van der Waals surface area contributed by atoms with Crippen molar-refractivity contribution >= 4 is 30.6 Å². The van der Waals surface area contributed by atoms with Crippen molar-refractivity contribution in [3.63, 3.8) is 0 Å². The van der Waals surface area contributed by atoms with Gasteiger partial charge in [-0.05, 0) is 45.3 Å². The predicted molar refractivity (Wildman–Crippen MR) is 105 cm³/mol. The lowest BCUT2D eigenvalue weighted by molar-refractivity contribution is -0.126. The Labute approximate surface area is 156 Å². The van der Waals surface area contributed by atoms with Gasteiger partial charge in [0.2, 0.25) is 0 Å². The monoisotopic (exact) mass is 357 g/mol. The van der Waals surface area contributed by atoms with Gasteiger partial charge in [-0.25, -0.2) is 0 Å². The van der Waals surface area contributed by atoms with E-state index in [1.807, 2.05) is 45.9 Å². The van der Waals surface area contributed by atoms with Crippen LogP contribution < -0.4 is 5.46 Å². The van der Waals surface area contributed by atoms with Crippen molar-refractivity contribution in [3.05, 3.63) is 30.0 Å². The van der Waals surface area contributed by atoms with E-state index in [1.54, 1.807) is 12.5 Å². The van der Waals surface area contributed by atoms with E-state index in [4.69, 9.17) is 18.8 Å². The Hall–Kier alpha value is -1.63. The fourth-order valence-corrected chi connectivity index (χ4v) is 2.91. The molecule has 0 amide bonds. The second-order valence-electron chi connectivity index (χ2n) is 7.95. The van der Waals surface area contributed by atoms with Crippen LogP contribution in [0.3, 0.4) is 0 Å². The molecule has 0 radical (unpaired) electrons. The molecule has 2 fully saturated rings. The molecule has 0 spiro atoms. The Morgan fingerprint density at radius 1 is 1.31 bits per heavy atom. The van der Waals surface area contributed by atoms with Crippen molar-refractivity contribution in [1.82, 2.24) is 0 Å². The number of hydrogen-bond donors (Lipinski definition) is 0. The number of benzene rings is 1. The van der Waals surface area contributed by atoms with Gasteiger partial charge in [0.15, 0.2) is 0 Å². The molecule has 2 saturated heterocycles. The molecule has 3 rings (SSSR count). The summed E-state index contributed by atoms with van der Waals surface area (Å²) < 4.78 is 23.0. The summed E-state index contributed by atoms with van der Waals surface area (Å²) in [6, 6.07) is 6.04. The summed E-state index contributed by atoms with van der Waals surface area (Å²) in [7, 11) is -0.362. The summed E-state index contributed by atoms with van der Waals surface area (Å²) >= 11 is 0. The van der Waals surface area contributed by atoms with E-state index in [0.29, 0.717) is 6.61 Å². The van der Waals surface area contributed by atoms with Crippen LogP contribution in [0.25, 0.3) is 6.08 Å². The molecule has 1 aromatic rings. The Bertz CT molecular complexity index is 697.